The molecule has 2 fully saturated rings. The van der Waals surface area contributed by atoms with Crippen molar-refractivity contribution in [1.29, 1.82) is 0 Å². The van der Waals surface area contributed by atoms with Gasteiger partial charge in [-0.2, -0.15) is 0 Å². The maximum Gasteiger partial charge on any atom is 0.173 e. The minimum atomic E-state index is 0.870. The lowest BCUT2D eigenvalue weighted by molar-refractivity contribution is 0.131. The molecule has 1 N–H and O–H groups in total. The molecule has 0 radical (unpaired) electrons. The highest BCUT2D eigenvalue weighted by molar-refractivity contribution is 7.80. The summed E-state index contributed by atoms with van der Waals surface area (Å²) in [5, 5.41) is 4.31. The number of benzene rings is 1. The molecule has 0 unspecified atom stereocenters. The number of aryl methyl sites for hydroxylation is 1. The van der Waals surface area contributed by atoms with E-state index < -0.39 is 0 Å². The molecule has 1 saturated heterocycles. The summed E-state index contributed by atoms with van der Waals surface area (Å²) >= 11 is 5.61. The quantitative estimate of drug-likeness (QED) is 0.780. The van der Waals surface area contributed by atoms with Gasteiger partial charge in [0.2, 0.25) is 0 Å². The van der Waals surface area contributed by atoms with Gasteiger partial charge < -0.3 is 10.2 Å². The van der Waals surface area contributed by atoms with Gasteiger partial charge in [0, 0.05) is 18.8 Å². The van der Waals surface area contributed by atoms with Crippen molar-refractivity contribution in [3.05, 3.63) is 29.8 Å². The molecule has 3 heteroatoms. The fraction of sp³-hybridized carbons (Fsp3) is 0.588. The highest BCUT2D eigenvalue weighted by atomic mass is 32.1. The average Bonchev–Trinajstić information content (AvgIpc) is 2.47. The van der Waals surface area contributed by atoms with E-state index in [9.17, 15) is 0 Å². The van der Waals surface area contributed by atoms with E-state index in [4.69, 9.17) is 12.2 Å². The summed E-state index contributed by atoms with van der Waals surface area (Å²) in [6.07, 6.45) is 7.01. The van der Waals surface area contributed by atoms with Crippen LogP contribution in [-0.4, -0.2) is 23.1 Å². The lowest BCUT2D eigenvalue weighted by Crippen LogP contribution is -2.46. The van der Waals surface area contributed by atoms with Crippen molar-refractivity contribution in [2.24, 2.45) is 11.8 Å². The van der Waals surface area contributed by atoms with Gasteiger partial charge in [-0.25, -0.2) is 0 Å². The summed E-state index contributed by atoms with van der Waals surface area (Å²) in [5.41, 5.74) is 2.38. The third-order valence-electron chi connectivity index (χ3n) is 4.85. The number of thiocarbonyl (C=S) groups is 1. The first-order valence-corrected chi connectivity index (χ1v) is 8.26. The zero-order valence-electron chi connectivity index (χ0n) is 12.3. The fourth-order valence-electron chi connectivity index (χ4n) is 3.71. The van der Waals surface area contributed by atoms with Gasteiger partial charge in [0.15, 0.2) is 5.11 Å². The number of nitrogens with one attached hydrogen (secondary N) is 1. The molecule has 1 aliphatic carbocycles. The zero-order valence-corrected chi connectivity index (χ0v) is 13.1. The second kappa shape index (κ2) is 6.13. The molecule has 1 aliphatic heterocycles. The van der Waals surface area contributed by atoms with Crippen LogP contribution in [0.1, 0.15) is 37.7 Å². The molecule has 0 amide bonds. The smallest absolute Gasteiger partial charge is 0.173 e. The van der Waals surface area contributed by atoms with E-state index in [1.54, 1.807) is 0 Å². The van der Waals surface area contributed by atoms with Crippen LogP contribution in [0.2, 0.25) is 0 Å². The second-order valence-corrected chi connectivity index (χ2v) is 6.73. The molecule has 20 heavy (non-hydrogen) atoms. The summed E-state index contributed by atoms with van der Waals surface area (Å²) < 4.78 is 0. The molecule has 0 aromatic heterocycles. The molecule has 3 rings (SSSR count). The first-order chi connectivity index (χ1) is 9.72. The Kier molecular flexibility index (Phi) is 4.25. The number of fused-ring (bicyclic) bond motifs is 1. The lowest BCUT2D eigenvalue weighted by Gasteiger charge is -2.42. The normalized spacial score (nSPS) is 25.9. The zero-order chi connectivity index (χ0) is 13.9. The summed E-state index contributed by atoms with van der Waals surface area (Å²) in [6, 6.07) is 8.43. The largest absolute Gasteiger partial charge is 0.349 e. The number of hydrogen-bond donors (Lipinski definition) is 1. The highest BCUT2D eigenvalue weighted by Gasteiger charge is 2.31. The molecule has 108 valence electrons. The monoisotopic (exact) mass is 288 g/mol. The van der Waals surface area contributed by atoms with Gasteiger partial charge in [0.05, 0.1) is 0 Å². The molecule has 1 saturated carbocycles. The predicted molar refractivity (Wildman–Crippen MR) is 89.0 cm³/mol. The maximum atomic E-state index is 5.61. The SMILES string of the molecule is Cc1cccc(NC(=S)N2CC[C@@H]3CCCC[C@@H]3C2)c1. The second-order valence-electron chi connectivity index (χ2n) is 6.34. The van der Waals surface area contributed by atoms with Gasteiger partial charge in [-0.05, 0) is 61.5 Å². The summed E-state index contributed by atoms with van der Waals surface area (Å²) in [7, 11) is 0. The molecule has 1 aromatic rings. The summed E-state index contributed by atoms with van der Waals surface area (Å²) in [4.78, 5) is 2.38. The van der Waals surface area contributed by atoms with Crippen LogP contribution in [-0.2, 0) is 0 Å². The Labute approximate surface area is 127 Å². The van der Waals surface area contributed by atoms with E-state index in [0.717, 1.165) is 35.7 Å². The Morgan fingerprint density at radius 2 is 2.00 bits per heavy atom. The Balaban J connectivity index is 1.60. The third-order valence-corrected chi connectivity index (χ3v) is 5.21. The lowest BCUT2D eigenvalue weighted by atomic mass is 9.75. The van der Waals surface area contributed by atoms with Crippen LogP contribution in [0.5, 0.6) is 0 Å². The molecule has 1 aromatic carbocycles. The third kappa shape index (κ3) is 3.14. The van der Waals surface area contributed by atoms with E-state index >= 15 is 0 Å². The van der Waals surface area contributed by atoms with Crippen molar-refractivity contribution in [2.75, 3.05) is 18.4 Å². The van der Waals surface area contributed by atoms with Gasteiger partial charge in [0.25, 0.3) is 0 Å². The molecular weight excluding hydrogens is 264 g/mol. The van der Waals surface area contributed by atoms with Crippen LogP contribution < -0.4 is 5.32 Å². The van der Waals surface area contributed by atoms with Gasteiger partial charge in [0.1, 0.15) is 0 Å². The molecule has 0 bridgehead atoms. The van der Waals surface area contributed by atoms with Crippen molar-refractivity contribution in [2.45, 2.75) is 39.0 Å². The van der Waals surface area contributed by atoms with Crippen molar-refractivity contribution < 1.29 is 0 Å². The van der Waals surface area contributed by atoms with Crippen LogP contribution >= 0.6 is 12.2 Å². The molecule has 0 spiro atoms. The number of rotatable bonds is 1. The fourth-order valence-corrected chi connectivity index (χ4v) is 3.99. The van der Waals surface area contributed by atoms with E-state index in [1.165, 1.54) is 37.7 Å². The topological polar surface area (TPSA) is 15.3 Å². The number of nitrogens with zero attached hydrogens (tertiary/aromatic N) is 1. The average molecular weight is 288 g/mol. The molecule has 2 aliphatic rings. The van der Waals surface area contributed by atoms with Crippen LogP contribution in [0, 0.1) is 18.8 Å². The number of hydrogen-bond acceptors (Lipinski definition) is 1. The van der Waals surface area contributed by atoms with Crippen LogP contribution in [0.15, 0.2) is 24.3 Å². The standard InChI is InChI=1S/C17H24N2S/c1-13-5-4-8-16(11-13)18-17(20)19-10-9-14-6-2-3-7-15(14)12-19/h4-5,8,11,14-15H,2-3,6-7,9-10,12H2,1H3,(H,18,20)/t14-,15+/m0/s1. The van der Waals surface area contributed by atoms with E-state index in [2.05, 4.69) is 41.4 Å². The van der Waals surface area contributed by atoms with E-state index in [-0.39, 0.29) is 0 Å². The van der Waals surface area contributed by atoms with Crippen molar-refractivity contribution in [1.82, 2.24) is 4.90 Å². The Morgan fingerprint density at radius 3 is 2.80 bits per heavy atom. The Morgan fingerprint density at radius 1 is 1.20 bits per heavy atom. The first kappa shape index (κ1) is 13.9. The van der Waals surface area contributed by atoms with Gasteiger partial charge in [-0.3, -0.25) is 0 Å². The van der Waals surface area contributed by atoms with Crippen molar-refractivity contribution in [3.8, 4) is 0 Å². The molecule has 1 heterocycles. The van der Waals surface area contributed by atoms with Crippen LogP contribution in [0.25, 0.3) is 0 Å². The van der Waals surface area contributed by atoms with Crippen molar-refractivity contribution in [3.63, 3.8) is 0 Å². The summed E-state index contributed by atoms with van der Waals surface area (Å²) in [5.74, 6) is 1.83. The highest BCUT2D eigenvalue weighted by Crippen LogP contribution is 2.36. The molecule has 2 nitrogen and oxygen atoms in total. The van der Waals surface area contributed by atoms with Gasteiger partial charge in [-0.1, -0.05) is 31.4 Å². The Hall–Kier alpha value is -1.09. The van der Waals surface area contributed by atoms with Gasteiger partial charge in [-0.15, -0.1) is 0 Å². The Bertz CT molecular complexity index is 486. The summed E-state index contributed by atoms with van der Waals surface area (Å²) in [6.45, 7) is 4.39. The van der Waals surface area contributed by atoms with Gasteiger partial charge >= 0.3 is 0 Å². The van der Waals surface area contributed by atoms with Crippen LogP contribution in [0.3, 0.4) is 0 Å². The molecule has 2 atom stereocenters. The predicted octanol–water partition coefficient (Wildman–Crippen LogP) is 4.20. The number of piperidine rings is 1. The molecular formula is C17H24N2S. The first-order valence-electron chi connectivity index (χ1n) is 7.85. The number of likely N-dealkylation sites (tertiary alicyclic amines) is 1. The van der Waals surface area contributed by atoms with Crippen LogP contribution in [0.4, 0.5) is 5.69 Å². The number of anilines is 1. The minimum Gasteiger partial charge on any atom is -0.349 e. The van der Waals surface area contributed by atoms with Crippen molar-refractivity contribution >= 4 is 23.0 Å². The van der Waals surface area contributed by atoms with E-state index in [0.29, 0.717) is 0 Å². The van der Waals surface area contributed by atoms with E-state index in [1.807, 2.05) is 0 Å². The maximum absolute atomic E-state index is 5.61. The minimum absolute atomic E-state index is 0.870.